The molecule has 3 rings (SSSR count). The van der Waals surface area contributed by atoms with Crippen LogP contribution in [0.4, 0.5) is 0 Å². The van der Waals surface area contributed by atoms with Crippen LogP contribution in [-0.4, -0.2) is 63.0 Å². The number of nitrogens with one attached hydrogen (secondary N) is 1. The van der Waals surface area contributed by atoms with Crippen molar-refractivity contribution >= 4 is 29.9 Å². The van der Waals surface area contributed by atoms with Crippen LogP contribution in [0.5, 0.6) is 0 Å². The van der Waals surface area contributed by atoms with Crippen LogP contribution in [0, 0.1) is 5.92 Å². The molecule has 2 aliphatic heterocycles. The van der Waals surface area contributed by atoms with E-state index in [1.807, 2.05) is 7.05 Å². The summed E-state index contributed by atoms with van der Waals surface area (Å²) in [6, 6.07) is 0. The van der Waals surface area contributed by atoms with Crippen LogP contribution in [0.15, 0.2) is 4.99 Å². The molecule has 0 amide bonds. The molecule has 2 heterocycles. The van der Waals surface area contributed by atoms with Crippen LogP contribution in [0.1, 0.15) is 51.4 Å². The minimum atomic E-state index is 0. The fraction of sp³-hybridized carbons (Fsp3) is 0.944. The highest BCUT2D eigenvalue weighted by Gasteiger charge is 2.24. The maximum Gasteiger partial charge on any atom is 0.193 e. The fourth-order valence-electron chi connectivity index (χ4n) is 3.68. The van der Waals surface area contributed by atoms with E-state index in [1.165, 1.54) is 32.1 Å². The number of hydrogen-bond acceptors (Lipinski definition) is 3. The van der Waals surface area contributed by atoms with Gasteiger partial charge >= 0.3 is 0 Å². The lowest BCUT2D eigenvalue weighted by molar-refractivity contribution is -0.0721. The molecule has 0 bridgehead atoms. The summed E-state index contributed by atoms with van der Waals surface area (Å²) in [6.07, 6.45) is 10.7. The standard InChI is InChI=1S/C18H33N3O2.HI/c1-19-18(20-13-15-5-4-6-15)21-10-8-16(9-11-21)23-14-17-7-2-3-12-22-17;/h15-17H,2-14H2,1H3,(H,19,20);1H. The molecule has 0 spiro atoms. The fourth-order valence-corrected chi connectivity index (χ4v) is 3.68. The summed E-state index contributed by atoms with van der Waals surface area (Å²) >= 11 is 0. The zero-order chi connectivity index (χ0) is 15.9. The van der Waals surface area contributed by atoms with Gasteiger partial charge in [0.1, 0.15) is 0 Å². The van der Waals surface area contributed by atoms with Gasteiger partial charge in [0.2, 0.25) is 0 Å². The molecule has 1 atom stereocenters. The van der Waals surface area contributed by atoms with Crippen LogP contribution in [0.3, 0.4) is 0 Å². The first-order valence-corrected chi connectivity index (χ1v) is 9.54. The molecular formula is C18H34IN3O2. The lowest BCUT2D eigenvalue weighted by atomic mass is 9.85. The first-order valence-electron chi connectivity index (χ1n) is 9.54. The SMILES string of the molecule is CN=C(NCC1CCC1)N1CCC(OCC2CCCCO2)CC1.I. The van der Waals surface area contributed by atoms with Crippen LogP contribution in [0.2, 0.25) is 0 Å². The van der Waals surface area contributed by atoms with E-state index in [1.54, 1.807) is 0 Å². The summed E-state index contributed by atoms with van der Waals surface area (Å²) < 4.78 is 11.8. The van der Waals surface area contributed by atoms with Gasteiger partial charge < -0.3 is 19.7 Å². The molecule has 6 heteroatoms. The van der Waals surface area contributed by atoms with Gasteiger partial charge in [-0.15, -0.1) is 24.0 Å². The van der Waals surface area contributed by atoms with Crippen LogP contribution < -0.4 is 5.32 Å². The molecule has 1 unspecified atom stereocenters. The molecular weight excluding hydrogens is 417 g/mol. The third-order valence-corrected chi connectivity index (χ3v) is 5.52. The van der Waals surface area contributed by atoms with Crippen molar-refractivity contribution in [1.29, 1.82) is 0 Å². The van der Waals surface area contributed by atoms with E-state index in [0.717, 1.165) is 64.0 Å². The van der Waals surface area contributed by atoms with E-state index >= 15 is 0 Å². The van der Waals surface area contributed by atoms with Crippen LogP contribution >= 0.6 is 24.0 Å². The molecule has 5 nitrogen and oxygen atoms in total. The number of halogens is 1. The van der Waals surface area contributed by atoms with E-state index in [0.29, 0.717) is 12.2 Å². The third kappa shape index (κ3) is 6.02. The second kappa shape index (κ2) is 10.8. The topological polar surface area (TPSA) is 46.1 Å². The number of nitrogens with zero attached hydrogens (tertiary/aromatic N) is 2. The lowest BCUT2D eigenvalue weighted by Gasteiger charge is -2.36. The molecule has 1 saturated carbocycles. The van der Waals surface area contributed by atoms with E-state index in [2.05, 4.69) is 15.2 Å². The molecule has 140 valence electrons. The molecule has 2 saturated heterocycles. The van der Waals surface area contributed by atoms with Gasteiger partial charge in [0, 0.05) is 33.3 Å². The monoisotopic (exact) mass is 451 g/mol. The Balaban J connectivity index is 0.00000208. The van der Waals surface area contributed by atoms with Crippen LogP contribution in [0.25, 0.3) is 0 Å². The first kappa shape index (κ1) is 20.2. The average Bonchev–Trinajstić information content (AvgIpc) is 2.57. The summed E-state index contributed by atoms with van der Waals surface area (Å²) in [5.74, 6) is 1.94. The Morgan fingerprint density at radius 1 is 1.12 bits per heavy atom. The highest BCUT2D eigenvalue weighted by atomic mass is 127. The summed E-state index contributed by atoms with van der Waals surface area (Å²) in [7, 11) is 1.89. The van der Waals surface area contributed by atoms with E-state index < -0.39 is 0 Å². The minimum absolute atomic E-state index is 0. The summed E-state index contributed by atoms with van der Waals surface area (Å²) in [5, 5.41) is 3.55. The van der Waals surface area contributed by atoms with Crippen molar-refractivity contribution in [3.05, 3.63) is 0 Å². The lowest BCUT2D eigenvalue weighted by Crippen LogP contribution is -2.48. The van der Waals surface area contributed by atoms with Crippen LogP contribution in [-0.2, 0) is 9.47 Å². The van der Waals surface area contributed by atoms with Crippen molar-refractivity contribution < 1.29 is 9.47 Å². The van der Waals surface area contributed by atoms with Crippen molar-refractivity contribution in [3.63, 3.8) is 0 Å². The van der Waals surface area contributed by atoms with Gasteiger partial charge in [-0.25, -0.2) is 0 Å². The Kier molecular flexibility index (Phi) is 9.11. The largest absolute Gasteiger partial charge is 0.376 e. The zero-order valence-electron chi connectivity index (χ0n) is 15.0. The van der Waals surface area contributed by atoms with Gasteiger partial charge in [0.05, 0.1) is 18.8 Å². The van der Waals surface area contributed by atoms with E-state index in [4.69, 9.17) is 9.47 Å². The highest BCUT2D eigenvalue weighted by molar-refractivity contribution is 14.0. The average molecular weight is 451 g/mol. The smallest absolute Gasteiger partial charge is 0.193 e. The van der Waals surface area contributed by atoms with Gasteiger partial charge in [-0.1, -0.05) is 6.42 Å². The van der Waals surface area contributed by atoms with Gasteiger partial charge in [0.25, 0.3) is 0 Å². The molecule has 0 aromatic rings. The molecule has 0 aromatic carbocycles. The Bertz CT molecular complexity index is 376. The van der Waals surface area contributed by atoms with Crippen molar-refractivity contribution in [2.45, 2.75) is 63.6 Å². The van der Waals surface area contributed by atoms with E-state index in [-0.39, 0.29) is 24.0 Å². The third-order valence-electron chi connectivity index (χ3n) is 5.52. The number of likely N-dealkylation sites (tertiary alicyclic amines) is 1. The van der Waals surface area contributed by atoms with Gasteiger partial charge in [-0.3, -0.25) is 4.99 Å². The van der Waals surface area contributed by atoms with Crippen molar-refractivity contribution in [2.24, 2.45) is 10.9 Å². The van der Waals surface area contributed by atoms with Gasteiger partial charge in [-0.05, 0) is 50.9 Å². The molecule has 3 fully saturated rings. The number of ether oxygens (including phenoxy) is 2. The number of hydrogen-bond donors (Lipinski definition) is 1. The quantitative estimate of drug-likeness (QED) is 0.397. The second-order valence-corrected chi connectivity index (χ2v) is 7.23. The molecule has 1 N–H and O–H groups in total. The second-order valence-electron chi connectivity index (χ2n) is 7.23. The number of aliphatic imine (C=N–C) groups is 1. The normalized spacial score (nSPS) is 26.6. The molecule has 0 radical (unpaired) electrons. The van der Waals surface area contributed by atoms with Crippen molar-refractivity contribution in [2.75, 3.05) is 39.9 Å². The molecule has 1 aliphatic carbocycles. The maximum atomic E-state index is 6.10. The van der Waals surface area contributed by atoms with Gasteiger partial charge in [0.15, 0.2) is 5.96 Å². The highest BCUT2D eigenvalue weighted by Crippen LogP contribution is 2.25. The predicted octanol–water partition coefficient (Wildman–Crippen LogP) is 3.03. The predicted molar refractivity (Wildman–Crippen MR) is 108 cm³/mol. The first-order chi connectivity index (χ1) is 11.3. The Morgan fingerprint density at radius 2 is 1.92 bits per heavy atom. The van der Waals surface area contributed by atoms with Gasteiger partial charge in [-0.2, -0.15) is 0 Å². The summed E-state index contributed by atoms with van der Waals surface area (Å²) in [4.78, 5) is 6.84. The molecule has 3 aliphatic rings. The van der Waals surface area contributed by atoms with Crippen molar-refractivity contribution in [3.8, 4) is 0 Å². The minimum Gasteiger partial charge on any atom is -0.376 e. The Hall–Kier alpha value is -0.0800. The summed E-state index contributed by atoms with van der Waals surface area (Å²) in [6.45, 7) is 4.86. The van der Waals surface area contributed by atoms with Crippen molar-refractivity contribution in [1.82, 2.24) is 10.2 Å². The Labute approximate surface area is 164 Å². The molecule has 0 aromatic heterocycles. The number of rotatable bonds is 5. The number of piperidine rings is 1. The number of guanidine groups is 1. The summed E-state index contributed by atoms with van der Waals surface area (Å²) in [5.41, 5.74) is 0. The maximum absolute atomic E-state index is 6.10. The molecule has 24 heavy (non-hydrogen) atoms. The van der Waals surface area contributed by atoms with E-state index in [9.17, 15) is 0 Å². The zero-order valence-corrected chi connectivity index (χ0v) is 17.4. The Morgan fingerprint density at radius 3 is 2.50 bits per heavy atom.